The van der Waals surface area contributed by atoms with Crippen LogP contribution in [0.3, 0.4) is 0 Å². The molecule has 0 fully saturated rings. The molecule has 0 saturated heterocycles. The average Bonchev–Trinajstić information content (AvgIpc) is 2.90. The molecule has 0 spiro atoms. The number of rotatable bonds is 3. The van der Waals surface area contributed by atoms with Gasteiger partial charge in [0.2, 0.25) is 0 Å². The normalized spacial score (nSPS) is 13.1. The number of aryl methyl sites for hydroxylation is 2. The molecule has 1 aliphatic heterocycles. The molecular weight excluding hydrogens is 326 g/mol. The van der Waals surface area contributed by atoms with Crippen LogP contribution >= 0.6 is 0 Å². The van der Waals surface area contributed by atoms with Crippen LogP contribution in [0.4, 0.5) is 5.69 Å². The van der Waals surface area contributed by atoms with Crippen LogP contribution < -0.4 is 9.64 Å². The van der Waals surface area contributed by atoms with Crippen molar-refractivity contribution in [2.45, 2.75) is 13.8 Å². The van der Waals surface area contributed by atoms with E-state index in [1.807, 2.05) is 38.1 Å². The summed E-state index contributed by atoms with van der Waals surface area (Å²) < 4.78 is 5.98. The Hall–Kier alpha value is -3.40. The highest BCUT2D eigenvalue weighted by molar-refractivity contribution is 6.34. The van der Waals surface area contributed by atoms with Gasteiger partial charge >= 0.3 is 0 Å². The predicted octanol–water partition coefficient (Wildman–Crippen LogP) is 4.90. The van der Waals surface area contributed by atoms with Gasteiger partial charge in [-0.15, -0.1) is 0 Å². The highest BCUT2D eigenvalue weighted by Crippen LogP contribution is 2.33. The first-order valence-electron chi connectivity index (χ1n) is 8.38. The van der Waals surface area contributed by atoms with E-state index in [0.29, 0.717) is 22.6 Å². The second-order valence-electron chi connectivity index (χ2n) is 6.31. The Morgan fingerprint density at radius 2 is 1.27 bits per heavy atom. The van der Waals surface area contributed by atoms with Crippen molar-refractivity contribution in [2.75, 3.05) is 4.90 Å². The van der Waals surface area contributed by atoms with Gasteiger partial charge in [-0.05, 0) is 61.4 Å². The number of ether oxygens (including phenoxy) is 1. The van der Waals surface area contributed by atoms with Crippen molar-refractivity contribution in [1.82, 2.24) is 0 Å². The summed E-state index contributed by atoms with van der Waals surface area (Å²) in [7, 11) is 0. The third-order valence-electron chi connectivity index (χ3n) is 4.52. The van der Waals surface area contributed by atoms with Crippen molar-refractivity contribution in [2.24, 2.45) is 0 Å². The van der Waals surface area contributed by atoms with Crippen LogP contribution in [0.1, 0.15) is 31.8 Å². The minimum Gasteiger partial charge on any atom is -0.457 e. The number of hydrogen-bond acceptors (Lipinski definition) is 3. The zero-order chi connectivity index (χ0) is 18.3. The number of benzene rings is 3. The number of hydrogen-bond donors (Lipinski definition) is 0. The first kappa shape index (κ1) is 16.1. The molecule has 26 heavy (non-hydrogen) atoms. The van der Waals surface area contributed by atoms with Gasteiger partial charge in [0.05, 0.1) is 16.8 Å². The van der Waals surface area contributed by atoms with Crippen molar-refractivity contribution in [3.05, 3.63) is 89.0 Å². The Labute approximate surface area is 151 Å². The smallest absolute Gasteiger partial charge is 0.266 e. The highest BCUT2D eigenvalue weighted by Gasteiger charge is 2.36. The monoisotopic (exact) mass is 343 g/mol. The third-order valence-corrected chi connectivity index (χ3v) is 4.52. The summed E-state index contributed by atoms with van der Waals surface area (Å²) in [6.45, 7) is 3.88. The quantitative estimate of drug-likeness (QED) is 0.636. The van der Waals surface area contributed by atoms with E-state index in [1.165, 1.54) is 4.90 Å². The molecule has 4 rings (SSSR count). The second kappa shape index (κ2) is 6.15. The molecule has 0 bridgehead atoms. The number of imide groups is 1. The second-order valence-corrected chi connectivity index (χ2v) is 6.31. The van der Waals surface area contributed by atoms with Gasteiger partial charge in [0.15, 0.2) is 0 Å². The molecule has 1 aliphatic rings. The molecule has 3 aromatic rings. The SMILES string of the molecule is Cc1ccccc1Oc1ccc(N2C(=O)c3ccccc3C2=O)cc1C. The molecule has 0 saturated carbocycles. The molecule has 4 heteroatoms. The lowest BCUT2D eigenvalue weighted by Crippen LogP contribution is -2.29. The Morgan fingerprint density at radius 3 is 1.88 bits per heavy atom. The first-order valence-corrected chi connectivity index (χ1v) is 8.38. The van der Waals surface area contributed by atoms with Crippen molar-refractivity contribution >= 4 is 17.5 Å². The number of carbonyl (C=O) groups is 2. The number of anilines is 1. The molecule has 0 atom stereocenters. The van der Waals surface area contributed by atoms with Crippen LogP contribution in [-0.2, 0) is 0 Å². The molecular formula is C22H17NO3. The van der Waals surface area contributed by atoms with Gasteiger partial charge in [-0.1, -0.05) is 30.3 Å². The fraction of sp³-hybridized carbons (Fsp3) is 0.0909. The summed E-state index contributed by atoms with van der Waals surface area (Å²) in [6, 6.07) is 20.0. The molecule has 0 unspecified atom stereocenters. The Kier molecular flexibility index (Phi) is 3.81. The minimum absolute atomic E-state index is 0.294. The standard InChI is InChI=1S/C22H17NO3/c1-14-7-3-6-10-19(14)26-20-12-11-16(13-15(20)2)23-21(24)17-8-4-5-9-18(17)22(23)25/h3-13H,1-2H3. The summed E-state index contributed by atoms with van der Waals surface area (Å²) in [5, 5.41) is 0. The van der Waals surface area contributed by atoms with E-state index < -0.39 is 0 Å². The zero-order valence-electron chi connectivity index (χ0n) is 14.5. The van der Waals surface area contributed by atoms with E-state index in [0.717, 1.165) is 16.9 Å². The average molecular weight is 343 g/mol. The zero-order valence-corrected chi connectivity index (χ0v) is 14.5. The number of amides is 2. The topological polar surface area (TPSA) is 46.6 Å². The molecule has 0 aromatic heterocycles. The van der Waals surface area contributed by atoms with Crippen LogP contribution in [-0.4, -0.2) is 11.8 Å². The van der Waals surface area contributed by atoms with Crippen LogP contribution in [0.5, 0.6) is 11.5 Å². The van der Waals surface area contributed by atoms with Gasteiger partial charge in [0.25, 0.3) is 11.8 Å². The number of para-hydroxylation sites is 1. The number of fused-ring (bicyclic) bond motifs is 1. The molecule has 4 nitrogen and oxygen atoms in total. The van der Waals surface area contributed by atoms with Gasteiger partial charge in [0, 0.05) is 0 Å². The summed E-state index contributed by atoms with van der Waals surface area (Å²) in [6.07, 6.45) is 0. The van der Waals surface area contributed by atoms with Crippen molar-refractivity contribution in [1.29, 1.82) is 0 Å². The summed E-state index contributed by atoms with van der Waals surface area (Å²) >= 11 is 0. The van der Waals surface area contributed by atoms with Crippen LogP contribution in [0, 0.1) is 13.8 Å². The van der Waals surface area contributed by atoms with Crippen molar-refractivity contribution in [3.8, 4) is 11.5 Å². The summed E-state index contributed by atoms with van der Waals surface area (Å²) in [5.41, 5.74) is 3.32. The Balaban J connectivity index is 1.66. The van der Waals surface area contributed by atoms with Crippen molar-refractivity contribution < 1.29 is 14.3 Å². The molecule has 128 valence electrons. The van der Waals surface area contributed by atoms with Gasteiger partial charge in [-0.2, -0.15) is 0 Å². The maximum absolute atomic E-state index is 12.6. The van der Waals surface area contributed by atoms with E-state index in [9.17, 15) is 9.59 Å². The van der Waals surface area contributed by atoms with E-state index in [-0.39, 0.29) is 11.8 Å². The van der Waals surface area contributed by atoms with Gasteiger partial charge < -0.3 is 4.74 Å². The number of nitrogens with zero attached hydrogens (tertiary/aromatic N) is 1. The lowest BCUT2D eigenvalue weighted by atomic mass is 10.1. The van der Waals surface area contributed by atoms with Gasteiger partial charge in [-0.25, -0.2) is 4.90 Å². The molecule has 1 heterocycles. The maximum atomic E-state index is 12.6. The van der Waals surface area contributed by atoms with E-state index >= 15 is 0 Å². The van der Waals surface area contributed by atoms with Crippen LogP contribution in [0.15, 0.2) is 66.7 Å². The highest BCUT2D eigenvalue weighted by atomic mass is 16.5. The predicted molar refractivity (Wildman–Crippen MR) is 100 cm³/mol. The summed E-state index contributed by atoms with van der Waals surface area (Å²) in [4.78, 5) is 26.4. The van der Waals surface area contributed by atoms with Gasteiger partial charge in [0.1, 0.15) is 11.5 Å². The lowest BCUT2D eigenvalue weighted by Gasteiger charge is -2.17. The van der Waals surface area contributed by atoms with E-state index in [1.54, 1.807) is 42.5 Å². The largest absolute Gasteiger partial charge is 0.457 e. The van der Waals surface area contributed by atoms with E-state index in [4.69, 9.17) is 4.74 Å². The van der Waals surface area contributed by atoms with Crippen LogP contribution in [0.2, 0.25) is 0 Å². The van der Waals surface area contributed by atoms with Gasteiger partial charge in [-0.3, -0.25) is 9.59 Å². The Bertz CT molecular complexity index is 1000. The summed E-state index contributed by atoms with van der Waals surface area (Å²) in [5.74, 6) is 0.888. The Morgan fingerprint density at radius 1 is 0.692 bits per heavy atom. The fourth-order valence-electron chi connectivity index (χ4n) is 3.10. The third kappa shape index (κ3) is 2.56. The lowest BCUT2D eigenvalue weighted by molar-refractivity contribution is 0.0926. The molecule has 0 radical (unpaired) electrons. The fourth-order valence-corrected chi connectivity index (χ4v) is 3.10. The van der Waals surface area contributed by atoms with Crippen molar-refractivity contribution in [3.63, 3.8) is 0 Å². The minimum atomic E-state index is -0.294. The van der Waals surface area contributed by atoms with Crippen LogP contribution in [0.25, 0.3) is 0 Å². The first-order chi connectivity index (χ1) is 12.6. The molecule has 0 aliphatic carbocycles. The van der Waals surface area contributed by atoms with E-state index in [2.05, 4.69) is 0 Å². The number of carbonyl (C=O) groups excluding carboxylic acids is 2. The maximum Gasteiger partial charge on any atom is 0.266 e. The molecule has 3 aromatic carbocycles. The molecule has 0 N–H and O–H groups in total. The molecule has 2 amide bonds.